The monoisotopic (exact) mass is 215 g/mol. The van der Waals surface area contributed by atoms with Crippen LogP contribution in [0, 0.1) is 5.41 Å². The maximum atomic E-state index is 12.6. The minimum absolute atomic E-state index is 0.102. The number of nitrogens with zero attached hydrogens (tertiary/aromatic N) is 1. The zero-order valence-electron chi connectivity index (χ0n) is 10.9. The van der Waals surface area contributed by atoms with Crippen molar-refractivity contribution >= 4 is 0 Å². The van der Waals surface area contributed by atoms with Crippen LogP contribution in [-0.4, -0.2) is 25.0 Å². The molecule has 1 fully saturated rings. The van der Waals surface area contributed by atoms with Gasteiger partial charge in [-0.05, 0) is 31.7 Å². The summed E-state index contributed by atoms with van der Waals surface area (Å²) in [6.07, 6.45) is 4.47. The van der Waals surface area contributed by atoms with Crippen molar-refractivity contribution in [2.75, 3.05) is 20.1 Å². The van der Waals surface area contributed by atoms with Crippen molar-refractivity contribution in [3.63, 3.8) is 0 Å². The Morgan fingerprint density at radius 2 is 1.73 bits per heavy atom. The maximum Gasteiger partial charge on any atom is 0.0960 e. The highest BCUT2D eigenvalue weighted by molar-refractivity contribution is 5.08. The fourth-order valence-electron chi connectivity index (χ4n) is 2.30. The van der Waals surface area contributed by atoms with Crippen LogP contribution in [0.15, 0.2) is 11.9 Å². The van der Waals surface area contributed by atoms with Crippen molar-refractivity contribution in [2.45, 2.75) is 47.0 Å². The number of halogens is 1. The molecular weight excluding hydrogens is 189 g/mol. The Balaban J connectivity index is 0.000000442. The van der Waals surface area contributed by atoms with E-state index >= 15 is 0 Å². The van der Waals surface area contributed by atoms with E-state index in [0.29, 0.717) is 11.8 Å². The van der Waals surface area contributed by atoms with E-state index in [1.807, 2.05) is 27.7 Å². The van der Waals surface area contributed by atoms with Gasteiger partial charge >= 0.3 is 0 Å². The highest BCUT2D eigenvalue weighted by Crippen LogP contribution is 2.42. The molecule has 0 aromatic heterocycles. The summed E-state index contributed by atoms with van der Waals surface area (Å²) in [4.78, 5) is 2.30. The van der Waals surface area contributed by atoms with E-state index in [1.54, 1.807) is 6.08 Å². The molecule has 0 atom stereocenters. The molecule has 2 rings (SSSR count). The van der Waals surface area contributed by atoms with Gasteiger partial charge in [0.25, 0.3) is 0 Å². The largest absolute Gasteiger partial charge is 0.305 e. The highest BCUT2D eigenvalue weighted by Gasteiger charge is 2.41. The van der Waals surface area contributed by atoms with Crippen molar-refractivity contribution in [1.82, 2.24) is 4.90 Å². The van der Waals surface area contributed by atoms with Crippen molar-refractivity contribution in [3.8, 4) is 0 Å². The molecule has 0 aromatic carbocycles. The van der Waals surface area contributed by atoms with Crippen LogP contribution in [-0.2, 0) is 0 Å². The number of rotatable bonds is 0. The Morgan fingerprint density at radius 1 is 1.20 bits per heavy atom. The first-order chi connectivity index (χ1) is 7.20. The number of hydrogen-bond acceptors (Lipinski definition) is 1. The van der Waals surface area contributed by atoms with Crippen molar-refractivity contribution in [1.29, 1.82) is 0 Å². The van der Waals surface area contributed by atoms with E-state index in [-0.39, 0.29) is 5.83 Å². The lowest BCUT2D eigenvalue weighted by atomic mass is 9.71. The lowest BCUT2D eigenvalue weighted by Gasteiger charge is -2.49. The first kappa shape index (κ1) is 14.6. The van der Waals surface area contributed by atoms with Crippen LogP contribution in [0.4, 0.5) is 4.39 Å². The van der Waals surface area contributed by atoms with Gasteiger partial charge in [0.15, 0.2) is 0 Å². The van der Waals surface area contributed by atoms with Gasteiger partial charge < -0.3 is 4.90 Å². The van der Waals surface area contributed by atoms with Gasteiger partial charge in [0.1, 0.15) is 0 Å². The minimum Gasteiger partial charge on any atom is -0.305 e. The summed E-state index contributed by atoms with van der Waals surface area (Å²) < 4.78 is 12.6. The van der Waals surface area contributed by atoms with Crippen LogP contribution < -0.4 is 0 Å². The summed E-state index contributed by atoms with van der Waals surface area (Å²) in [5.74, 6) is 0.102. The molecule has 0 N–H and O–H groups in total. The SMILES string of the molecule is CC.CC.CN1CC2(CC=C(F)CC2)C1. The zero-order valence-corrected chi connectivity index (χ0v) is 10.9. The normalized spacial score (nSPS) is 22.7. The van der Waals surface area contributed by atoms with Crippen LogP contribution in [0.5, 0.6) is 0 Å². The number of allylic oxidation sites excluding steroid dienone is 2. The molecule has 0 saturated carbocycles. The van der Waals surface area contributed by atoms with Gasteiger partial charge in [-0.15, -0.1) is 0 Å². The van der Waals surface area contributed by atoms with E-state index < -0.39 is 0 Å². The van der Waals surface area contributed by atoms with Gasteiger partial charge in [-0.1, -0.05) is 33.8 Å². The molecule has 2 heteroatoms. The number of likely N-dealkylation sites (tertiary alicyclic amines) is 1. The first-order valence-electron chi connectivity index (χ1n) is 6.23. The smallest absolute Gasteiger partial charge is 0.0960 e. The quantitative estimate of drug-likeness (QED) is 0.590. The van der Waals surface area contributed by atoms with Crippen LogP contribution >= 0.6 is 0 Å². The Bertz CT molecular complexity index is 193. The second kappa shape index (κ2) is 7.00. The first-order valence-corrected chi connectivity index (χ1v) is 6.23. The summed E-state index contributed by atoms with van der Waals surface area (Å²) in [6, 6.07) is 0. The molecular formula is C13H26FN. The molecule has 0 radical (unpaired) electrons. The highest BCUT2D eigenvalue weighted by atomic mass is 19.1. The average molecular weight is 215 g/mol. The fraction of sp³-hybridized carbons (Fsp3) is 0.846. The fourth-order valence-corrected chi connectivity index (χ4v) is 2.30. The van der Waals surface area contributed by atoms with Crippen LogP contribution in [0.1, 0.15) is 47.0 Å². The van der Waals surface area contributed by atoms with Crippen LogP contribution in [0.3, 0.4) is 0 Å². The average Bonchev–Trinajstić information content (AvgIpc) is 2.26. The van der Waals surface area contributed by atoms with Crippen LogP contribution in [0.25, 0.3) is 0 Å². The standard InChI is InChI=1S/C9H14FN.2C2H6/c1-11-6-9(7-11)4-2-8(10)3-5-9;2*1-2/h2H,3-7H2,1H3;2*1-2H3. The topological polar surface area (TPSA) is 3.24 Å². The third-order valence-corrected chi connectivity index (χ3v) is 2.86. The minimum atomic E-state index is 0.102. The predicted octanol–water partition coefficient (Wildman–Crippen LogP) is 4.01. The summed E-state index contributed by atoms with van der Waals surface area (Å²) in [5.41, 5.74) is 0.463. The molecule has 1 aliphatic heterocycles. The number of hydrogen-bond donors (Lipinski definition) is 0. The molecule has 0 unspecified atom stereocenters. The second-order valence-electron chi connectivity index (χ2n) is 4.03. The summed E-state index contributed by atoms with van der Waals surface area (Å²) in [6.45, 7) is 10.3. The lowest BCUT2D eigenvalue weighted by Crippen LogP contribution is -2.54. The Labute approximate surface area is 94.4 Å². The van der Waals surface area contributed by atoms with Crippen molar-refractivity contribution in [3.05, 3.63) is 11.9 Å². The Kier molecular flexibility index (Phi) is 6.82. The van der Waals surface area contributed by atoms with E-state index in [4.69, 9.17) is 0 Å². The maximum absolute atomic E-state index is 12.6. The molecule has 15 heavy (non-hydrogen) atoms. The molecule has 0 bridgehead atoms. The molecule has 1 nitrogen and oxygen atoms in total. The summed E-state index contributed by atoms with van der Waals surface area (Å²) in [5, 5.41) is 0. The molecule has 0 aromatic rings. The van der Waals surface area contributed by atoms with E-state index in [1.165, 1.54) is 0 Å². The van der Waals surface area contributed by atoms with Gasteiger partial charge in [0.2, 0.25) is 0 Å². The molecule has 90 valence electrons. The van der Waals surface area contributed by atoms with Gasteiger partial charge in [-0.25, -0.2) is 4.39 Å². The molecule has 1 spiro atoms. The van der Waals surface area contributed by atoms with Crippen LogP contribution in [0.2, 0.25) is 0 Å². The second-order valence-corrected chi connectivity index (χ2v) is 4.03. The van der Waals surface area contributed by atoms with Gasteiger partial charge in [-0.3, -0.25) is 0 Å². The van der Waals surface area contributed by atoms with E-state index in [0.717, 1.165) is 25.9 Å². The van der Waals surface area contributed by atoms with E-state index in [9.17, 15) is 4.39 Å². The molecule has 1 heterocycles. The van der Waals surface area contributed by atoms with E-state index in [2.05, 4.69) is 11.9 Å². The van der Waals surface area contributed by atoms with Gasteiger partial charge in [-0.2, -0.15) is 0 Å². The molecule has 1 saturated heterocycles. The lowest BCUT2D eigenvalue weighted by molar-refractivity contribution is 0.0111. The Hall–Kier alpha value is -0.370. The summed E-state index contributed by atoms with van der Waals surface area (Å²) in [7, 11) is 2.12. The third-order valence-electron chi connectivity index (χ3n) is 2.86. The predicted molar refractivity (Wildman–Crippen MR) is 65.7 cm³/mol. The molecule has 2 aliphatic rings. The van der Waals surface area contributed by atoms with Gasteiger partial charge in [0, 0.05) is 13.1 Å². The van der Waals surface area contributed by atoms with Gasteiger partial charge in [0.05, 0.1) is 5.83 Å². The summed E-state index contributed by atoms with van der Waals surface area (Å²) >= 11 is 0. The molecule has 1 aliphatic carbocycles. The van der Waals surface area contributed by atoms with Crippen molar-refractivity contribution < 1.29 is 4.39 Å². The molecule has 0 amide bonds. The third kappa shape index (κ3) is 3.94. The Morgan fingerprint density at radius 3 is 2.07 bits per heavy atom. The van der Waals surface area contributed by atoms with Crippen molar-refractivity contribution in [2.24, 2.45) is 5.41 Å². The zero-order chi connectivity index (χ0) is 11.9.